The molecular weight excluding hydrogens is 442 g/mol. The van der Waals surface area contributed by atoms with E-state index in [0.717, 1.165) is 24.8 Å². The Labute approximate surface area is 178 Å². The summed E-state index contributed by atoms with van der Waals surface area (Å²) in [7, 11) is 0. The van der Waals surface area contributed by atoms with E-state index in [4.69, 9.17) is 11.6 Å². The highest BCUT2D eigenvalue weighted by Crippen LogP contribution is 2.41. The molecule has 0 unspecified atom stereocenters. The van der Waals surface area contributed by atoms with Crippen LogP contribution in [-0.2, 0) is 0 Å². The van der Waals surface area contributed by atoms with Crippen LogP contribution in [0.1, 0.15) is 59.4 Å². The van der Waals surface area contributed by atoms with Crippen LogP contribution < -0.4 is 16.3 Å². The summed E-state index contributed by atoms with van der Waals surface area (Å²) in [5, 5.41) is 3.87. The summed E-state index contributed by atoms with van der Waals surface area (Å²) in [6.45, 7) is 6.27. The Morgan fingerprint density at radius 2 is 1.93 bits per heavy atom. The Balaban J connectivity index is 1.95. The molecule has 1 aromatic carbocycles. The lowest BCUT2D eigenvalue weighted by Crippen LogP contribution is -2.37. The van der Waals surface area contributed by atoms with Gasteiger partial charge in [-0.2, -0.15) is 0 Å². The number of aromatic nitrogens is 1. The number of amides is 1. The van der Waals surface area contributed by atoms with E-state index in [1.807, 2.05) is 31.2 Å². The third-order valence-electron chi connectivity index (χ3n) is 5.15. The predicted octanol–water partition coefficient (Wildman–Crippen LogP) is 4.72. The van der Waals surface area contributed by atoms with Gasteiger partial charge in [-0.05, 0) is 78.2 Å². The van der Waals surface area contributed by atoms with Crippen molar-refractivity contribution in [2.45, 2.75) is 46.1 Å². The number of nitrogens with zero attached hydrogens (tertiary/aromatic N) is 1. The van der Waals surface area contributed by atoms with Crippen LogP contribution >= 0.6 is 27.5 Å². The van der Waals surface area contributed by atoms with Crippen molar-refractivity contribution >= 4 is 33.4 Å². The second-order valence-electron chi connectivity index (χ2n) is 7.29. The van der Waals surface area contributed by atoms with Crippen LogP contribution in [0.5, 0.6) is 0 Å². The number of carbonyl (C=O) groups excluding carboxylic acids is 1. The minimum atomic E-state index is -0.184. The largest absolute Gasteiger partial charge is 0.345 e. The first kappa shape index (κ1) is 20.9. The van der Waals surface area contributed by atoms with Crippen LogP contribution in [0.2, 0.25) is 5.02 Å². The number of rotatable bonds is 7. The molecule has 1 heterocycles. The second-order valence-corrected chi connectivity index (χ2v) is 8.52. The van der Waals surface area contributed by atoms with Crippen molar-refractivity contribution in [3.8, 4) is 0 Å². The fourth-order valence-electron chi connectivity index (χ4n) is 3.44. The lowest BCUT2D eigenvalue weighted by Gasteiger charge is -2.22. The topological polar surface area (TPSA) is 63.1 Å². The number of carbonyl (C=O) groups is 1. The third-order valence-corrected chi connectivity index (χ3v) is 6.33. The molecule has 3 rings (SSSR count). The third kappa shape index (κ3) is 4.28. The van der Waals surface area contributed by atoms with E-state index in [1.165, 1.54) is 4.68 Å². The molecule has 0 aliphatic heterocycles. The standard InChI is InChI=1S/C21H25BrClN3O2/c1-4-11-24-26-13(3)17(12(2)18(22)21(26)28)20(27)25-19(14-5-6-14)15-7-9-16(23)10-8-15/h7-10,14,19,24H,4-6,11H2,1-3H3,(H,25,27)/t19-/m0/s1. The van der Waals surface area contributed by atoms with Gasteiger partial charge in [-0.15, -0.1) is 0 Å². The maximum atomic E-state index is 13.3. The van der Waals surface area contributed by atoms with Gasteiger partial charge in [0.05, 0.1) is 21.8 Å². The van der Waals surface area contributed by atoms with Gasteiger partial charge in [0.15, 0.2) is 0 Å². The van der Waals surface area contributed by atoms with E-state index in [-0.39, 0.29) is 17.5 Å². The van der Waals surface area contributed by atoms with Crippen molar-refractivity contribution in [3.05, 3.63) is 66.5 Å². The SMILES string of the molecule is CCCNn1c(C)c(C(=O)N[C@H](c2ccc(Cl)cc2)C2CC2)c(C)c(Br)c1=O. The van der Waals surface area contributed by atoms with Crippen LogP contribution in [0.25, 0.3) is 0 Å². The molecule has 1 aliphatic rings. The lowest BCUT2D eigenvalue weighted by molar-refractivity contribution is 0.0929. The fraction of sp³-hybridized carbons (Fsp3) is 0.429. The molecule has 7 heteroatoms. The zero-order valence-corrected chi connectivity index (χ0v) is 18.7. The zero-order valence-electron chi connectivity index (χ0n) is 16.3. The van der Waals surface area contributed by atoms with Crippen LogP contribution in [0, 0.1) is 19.8 Å². The summed E-state index contributed by atoms with van der Waals surface area (Å²) in [6.07, 6.45) is 3.05. The first-order valence-corrected chi connectivity index (χ1v) is 10.7. The summed E-state index contributed by atoms with van der Waals surface area (Å²) in [5.74, 6) is 0.257. The molecule has 1 atom stereocenters. The minimum absolute atomic E-state index is 0.0636. The van der Waals surface area contributed by atoms with Crippen molar-refractivity contribution in [1.29, 1.82) is 0 Å². The van der Waals surface area contributed by atoms with E-state index < -0.39 is 0 Å². The molecule has 2 N–H and O–H groups in total. The normalized spacial score (nSPS) is 14.6. The highest BCUT2D eigenvalue weighted by atomic mass is 79.9. The number of benzene rings is 1. The number of nitrogens with one attached hydrogen (secondary N) is 2. The number of halogens is 2. The van der Waals surface area contributed by atoms with Crippen molar-refractivity contribution in [2.24, 2.45) is 5.92 Å². The molecule has 0 radical (unpaired) electrons. The van der Waals surface area contributed by atoms with Gasteiger partial charge in [0, 0.05) is 11.6 Å². The molecule has 28 heavy (non-hydrogen) atoms. The van der Waals surface area contributed by atoms with Gasteiger partial charge in [-0.1, -0.05) is 30.7 Å². The first-order chi connectivity index (χ1) is 13.3. The quantitative estimate of drug-likeness (QED) is 0.621. The Kier molecular flexibility index (Phi) is 6.50. The molecule has 150 valence electrons. The number of pyridine rings is 1. The van der Waals surface area contributed by atoms with Crippen molar-refractivity contribution < 1.29 is 4.79 Å². The van der Waals surface area contributed by atoms with Crippen LogP contribution in [0.3, 0.4) is 0 Å². The first-order valence-electron chi connectivity index (χ1n) is 9.57. The summed E-state index contributed by atoms with van der Waals surface area (Å²) in [6, 6.07) is 7.56. The molecule has 2 aromatic rings. The molecule has 0 bridgehead atoms. The Morgan fingerprint density at radius 1 is 1.29 bits per heavy atom. The van der Waals surface area contributed by atoms with Crippen LogP contribution in [0.15, 0.2) is 33.5 Å². The molecule has 1 amide bonds. The van der Waals surface area contributed by atoms with E-state index >= 15 is 0 Å². The van der Waals surface area contributed by atoms with Crippen LogP contribution in [0.4, 0.5) is 0 Å². The van der Waals surface area contributed by atoms with Gasteiger partial charge in [0.2, 0.25) is 0 Å². The van der Waals surface area contributed by atoms with Gasteiger partial charge in [-0.3, -0.25) is 9.59 Å². The monoisotopic (exact) mass is 465 g/mol. The smallest absolute Gasteiger partial charge is 0.283 e. The number of hydrogen-bond acceptors (Lipinski definition) is 3. The van der Waals surface area contributed by atoms with Gasteiger partial charge in [0.25, 0.3) is 11.5 Å². The van der Waals surface area contributed by atoms with Crippen molar-refractivity contribution in [1.82, 2.24) is 9.99 Å². The van der Waals surface area contributed by atoms with E-state index in [1.54, 1.807) is 13.8 Å². The summed E-state index contributed by atoms with van der Waals surface area (Å²) < 4.78 is 1.87. The van der Waals surface area contributed by atoms with Crippen molar-refractivity contribution in [2.75, 3.05) is 12.0 Å². The summed E-state index contributed by atoms with van der Waals surface area (Å²) in [4.78, 5) is 25.9. The highest BCUT2D eigenvalue weighted by Gasteiger charge is 2.34. The average Bonchev–Trinajstić information content (AvgIpc) is 3.50. The maximum absolute atomic E-state index is 13.3. The Bertz CT molecular complexity index is 936. The second kappa shape index (κ2) is 8.70. The summed E-state index contributed by atoms with van der Waals surface area (Å²) in [5.41, 5.74) is 5.75. The molecule has 1 saturated carbocycles. The molecule has 1 fully saturated rings. The van der Waals surface area contributed by atoms with E-state index in [2.05, 4.69) is 26.7 Å². The highest BCUT2D eigenvalue weighted by molar-refractivity contribution is 9.10. The zero-order chi connectivity index (χ0) is 20.4. The molecule has 0 saturated heterocycles. The summed E-state index contributed by atoms with van der Waals surface area (Å²) >= 11 is 9.38. The lowest BCUT2D eigenvalue weighted by atomic mass is 10.0. The molecule has 5 nitrogen and oxygen atoms in total. The Morgan fingerprint density at radius 3 is 2.50 bits per heavy atom. The fourth-order valence-corrected chi connectivity index (χ4v) is 3.94. The molecule has 1 aromatic heterocycles. The predicted molar refractivity (Wildman–Crippen MR) is 117 cm³/mol. The van der Waals surface area contributed by atoms with Gasteiger partial charge >= 0.3 is 0 Å². The van der Waals surface area contributed by atoms with Gasteiger partial charge in [0.1, 0.15) is 0 Å². The number of hydrogen-bond donors (Lipinski definition) is 2. The molecule has 0 spiro atoms. The molecular formula is C21H25BrClN3O2. The van der Waals surface area contributed by atoms with Gasteiger partial charge < -0.3 is 10.7 Å². The van der Waals surface area contributed by atoms with E-state index in [0.29, 0.717) is 38.8 Å². The maximum Gasteiger partial charge on any atom is 0.283 e. The van der Waals surface area contributed by atoms with Crippen molar-refractivity contribution in [3.63, 3.8) is 0 Å². The Hall–Kier alpha value is -1.79. The minimum Gasteiger partial charge on any atom is -0.345 e. The average molecular weight is 467 g/mol. The van der Waals surface area contributed by atoms with E-state index in [9.17, 15) is 9.59 Å². The van der Waals surface area contributed by atoms with Crippen LogP contribution in [-0.4, -0.2) is 17.1 Å². The molecule has 1 aliphatic carbocycles. The van der Waals surface area contributed by atoms with Gasteiger partial charge in [-0.25, -0.2) is 4.68 Å².